The maximum atomic E-state index is 14.9. The summed E-state index contributed by atoms with van der Waals surface area (Å²) in [6.45, 7) is 17.6. The zero-order valence-electron chi connectivity index (χ0n) is 28.4. The molecule has 3 unspecified atom stereocenters. The van der Waals surface area contributed by atoms with Crippen molar-refractivity contribution in [2.24, 2.45) is 5.92 Å². The van der Waals surface area contributed by atoms with E-state index in [1.54, 1.807) is 25.7 Å². The van der Waals surface area contributed by atoms with Gasteiger partial charge in [-0.3, -0.25) is 9.59 Å². The quantitative estimate of drug-likeness (QED) is 0.216. The van der Waals surface area contributed by atoms with Gasteiger partial charge in [0.05, 0.1) is 0 Å². The molecule has 0 fully saturated rings. The molecule has 3 aromatic carbocycles. The van der Waals surface area contributed by atoms with Crippen molar-refractivity contribution in [1.82, 2.24) is 10.2 Å². The number of anilines is 1. The lowest BCUT2D eigenvalue weighted by Gasteiger charge is -2.39. The van der Waals surface area contributed by atoms with Gasteiger partial charge in [-0.15, -0.1) is 0 Å². The van der Waals surface area contributed by atoms with Crippen molar-refractivity contribution in [1.29, 1.82) is 0 Å². The second-order valence-corrected chi connectivity index (χ2v) is 13.5. The number of rotatable bonds is 12. The van der Waals surface area contributed by atoms with Crippen molar-refractivity contribution in [3.8, 4) is 0 Å². The normalized spacial score (nSPS) is 13.5. The van der Waals surface area contributed by atoms with Crippen LogP contribution in [0, 0.1) is 26.7 Å². The van der Waals surface area contributed by atoms with E-state index in [1.165, 1.54) is 0 Å². The Hall–Kier alpha value is -4.13. The molecule has 242 valence electrons. The molecule has 0 heterocycles. The van der Waals surface area contributed by atoms with E-state index in [0.29, 0.717) is 18.0 Å². The Labute approximate surface area is 269 Å². The number of carbonyl (C=O) groups is 3. The minimum atomic E-state index is -0.969. The first-order valence-corrected chi connectivity index (χ1v) is 16.0. The van der Waals surface area contributed by atoms with Crippen molar-refractivity contribution in [3.63, 3.8) is 0 Å². The Morgan fingerprint density at radius 2 is 1.47 bits per heavy atom. The van der Waals surface area contributed by atoms with Gasteiger partial charge in [0.15, 0.2) is 0 Å². The molecular formula is C38H51N3O4. The third kappa shape index (κ3) is 10.5. The summed E-state index contributed by atoms with van der Waals surface area (Å²) in [5, 5.41) is 5.99. The summed E-state index contributed by atoms with van der Waals surface area (Å²) in [5.74, 6) is -0.243. The van der Waals surface area contributed by atoms with Gasteiger partial charge in [0, 0.05) is 18.2 Å². The first kappa shape index (κ1) is 35.4. The Bertz CT molecular complexity index is 1440. The Balaban J connectivity index is 2.17. The summed E-state index contributed by atoms with van der Waals surface area (Å²) in [6, 6.07) is 20.9. The molecule has 0 aliphatic heterocycles. The predicted octanol–water partition coefficient (Wildman–Crippen LogP) is 8.08. The van der Waals surface area contributed by atoms with E-state index in [-0.39, 0.29) is 24.3 Å². The molecule has 2 N–H and O–H groups in total. The summed E-state index contributed by atoms with van der Waals surface area (Å²) in [6.07, 6.45) is 1.12. The molecule has 3 rings (SSSR count). The fourth-order valence-corrected chi connectivity index (χ4v) is 5.46. The number of hydrogen-bond acceptors (Lipinski definition) is 4. The van der Waals surface area contributed by atoms with Crippen LogP contribution in [0.3, 0.4) is 0 Å². The molecule has 0 aliphatic carbocycles. The van der Waals surface area contributed by atoms with E-state index in [1.807, 2.05) is 100 Å². The lowest BCUT2D eigenvalue weighted by Crippen LogP contribution is -2.55. The monoisotopic (exact) mass is 613 g/mol. The number of amides is 3. The van der Waals surface area contributed by atoms with Crippen LogP contribution in [-0.2, 0) is 20.7 Å². The highest BCUT2D eigenvalue weighted by Crippen LogP contribution is 2.32. The molecule has 0 saturated carbocycles. The van der Waals surface area contributed by atoms with Gasteiger partial charge < -0.3 is 20.3 Å². The number of hydrogen-bond donors (Lipinski definition) is 2. The highest BCUT2D eigenvalue weighted by molar-refractivity contribution is 5.99. The van der Waals surface area contributed by atoms with Crippen LogP contribution in [0.5, 0.6) is 0 Å². The smallest absolute Gasteiger partial charge is 0.408 e. The number of carbonyl (C=O) groups excluding carboxylic acids is 3. The van der Waals surface area contributed by atoms with E-state index in [4.69, 9.17) is 4.74 Å². The van der Waals surface area contributed by atoms with E-state index in [9.17, 15) is 14.4 Å². The first-order valence-electron chi connectivity index (χ1n) is 16.0. The van der Waals surface area contributed by atoms with E-state index < -0.39 is 23.8 Å². The van der Waals surface area contributed by atoms with Gasteiger partial charge in [-0.2, -0.15) is 0 Å². The number of alkyl carbamates (subject to hydrolysis) is 1. The topological polar surface area (TPSA) is 87.7 Å². The SMILES string of the molecule is Cc1ccc(C(C(=O)Nc2ccccc2C)N(C(=O)C(Cc2ccccc2)NC(=O)OC(C)(C)C)C(C)CCC(C)C)c(C)c1. The average molecular weight is 614 g/mol. The van der Waals surface area contributed by atoms with Crippen LogP contribution in [-0.4, -0.2) is 40.5 Å². The molecule has 3 atom stereocenters. The third-order valence-corrected chi connectivity index (χ3v) is 7.81. The number of nitrogens with zero attached hydrogens (tertiary/aromatic N) is 1. The van der Waals surface area contributed by atoms with Crippen LogP contribution < -0.4 is 10.6 Å². The van der Waals surface area contributed by atoms with Gasteiger partial charge >= 0.3 is 6.09 Å². The lowest BCUT2D eigenvalue weighted by atomic mass is 9.93. The Morgan fingerprint density at radius 3 is 2.07 bits per heavy atom. The standard InChI is InChI=1S/C38H51N3O4/c1-25(2)19-21-29(6)41(36(43)33(24-30-16-11-10-12-17-30)40-37(44)45-38(7,8)9)34(31-22-20-26(3)23-28(31)5)35(42)39-32-18-14-13-15-27(32)4/h10-18,20,22-23,25,29,33-34H,19,21,24H2,1-9H3,(H,39,42)(H,40,44). The molecule has 0 saturated heterocycles. The highest BCUT2D eigenvalue weighted by Gasteiger charge is 2.39. The summed E-state index contributed by atoms with van der Waals surface area (Å²) < 4.78 is 5.59. The molecule has 45 heavy (non-hydrogen) atoms. The van der Waals surface area contributed by atoms with Crippen molar-refractivity contribution >= 4 is 23.6 Å². The summed E-state index contributed by atoms with van der Waals surface area (Å²) in [7, 11) is 0. The second kappa shape index (κ2) is 15.7. The Kier molecular flexibility index (Phi) is 12.4. The number of para-hydroxylation sites is 1. The number of nitrogens with one attached hydrogen (secondary N) is 2. The van der Waals surface area contributed by atoms with Crippen LogP contribution >= 0.6 is 0 Å². The van der Waals surface area contributed by atoms with E-state index in [2.05, 4.69) is 24.5 Å². The number of ether oxygens (including phenoxy) is 1. The van der Waals surface area contributed by atoms with Crippen LogP contribution in [0.15, 0.2) is 72.8 Å². The van der Waals surface area contributed by atoms with Gasteiger partial charge in [0.2, 0.25) is 5.91 Å². The van der Waals surface area contributed by atoms with Crippen LogP contribution in [0.4, 0.5) is 10.5 Å². The second-order valence-electron chi connectivity index (χ2n) is 13.5. The maximum Gasteiger partial charge on any atom is 0.408 e. The minimum absolute atomic E-state index is 0.241. The number of aryl methyl sites for hydroxylation is 3. The fourth-order valence-electron chi connectivity index (χ4n) is 5.46. The first-order chi connectivity index (χ1) is 21.2. The highest BCUT2D eigenvalue weighted by atomic mass is 16.6. The van der Waals surface area contributed by atoms with Crippen LogP contribution in [0.1, 0.15) is 88.2 Å². The summed E-state index contributed by atoms with van der Waals surface area (Å²) >= 11 is 0. The van der Waals surface area contributed by atoms with Gasteiger partial charge in [-0.1, -0.05) is 86.1 Å². The fraction of sp³-hybridized carbons (Fsp3) is 0.447. The van der Waals surface area contributed by atoms with E-state index >= 15 is 0 Å². The largest absolute Gasteiger partial charge is 0.444 e. The van der Waals surface area contributed by atoms with Crippen molar-refractivity contribution in [2.45, 2.75) is 105 Å². The maximum absolute atomic E-state index is 14.9. The zero-order valence-corrected chi connectivity index (χ0v) is 28.4. The molecule has 3 amide bonds. The van der Waals surface area contributed by atoms with Crippen LogP contribution in [0.2, 0.25) is 0 Å². The molecule has 0 spiro atoms. The molecule has 7 nitrogen and oxygen atoms in total. The molecule has 0 aromatic heterocycles. The minimum Gasteiger partial charge on any atom is -0.444 e. The average Bonchev–Trinajstić information content (AvgIpc) is 2.95. The molecule has 0 bridgehead atoms. The lowest BCUT2D eigenvalue weighted by molar-refractivity contribution is -0.143. The Morgan fingerprint density at radius 1 is 0.822 bits per heavy atom. The molecule has 0 aliphatic rings. The van der Waals surface area contributed by atoms with Gasteiger partial charge in [-0.05, 0) is 95.5 Å². The van der Waals surface area contributed by atoms with E-state index in [0.717, 1.165) is 34.2 Å². The summed E-state index contributed by atoms with van der Waals surface area (Å²) in [5.41, 5.74) is 4.46. The van der Waals surface area contributed by atoms with Gasteiger partial charge in [0.25, 0.3) is 5.91 Å². The van der Waals surface area contributed by atoms with Crippen molar-refractivity contribution in [3.05, 3.63) is 101 Å². The van der Waals surface area contributed by atoms with Crippen molar-refractivity contribution in [2.75, 3.05) is 5.32 Å². The molecule has 3 aromatic rings. The van der Waals surface area contributed by atoms with Crippen LogP contribution in [0.25, 0.3) is 0 Å². The molecular weight excluding hydrogens is 562 g/mol. The molecule has 0 radical (unpaired) electrons. The number of benzene rings is 3. The van der Waals surface area contributed by atoms with Crippen molar-refractivity contribution < 1.29 is 19.1 Å². The predicted molar refractivity (Wildman–Crippen MR) is 182 cm³/mol. The molecule has 7 heteroatoms. The third-order valence-electron chi connectivity index (χ3n) is 7.81. The van der Waals surface area contributed by atoms with Gasteiger partial charge in [0.1, 0.15) is 17.7 Å². The summed E-state index contributed by atoms with van der Waals surface area (Å²) in [4.78, 5) is 44.2. The van der Waals surface area contributed by atoms with Gasteiger partial charge in [-0.25, -0.2) is 4.79 Å². The zero-order chi connectivity index (χ0) is 33.3.